The number of carbonyl (C=O) groups is 1. The van der Waals surface area contributed by atoms with E-state index in [0.717, 1.165) is 26.8 Å². The largest absolute Gasteiger partial charge is 0.481 e. The van der Waals surface area contributed by atoms with Crippen molar-refractivity contribution in [2.45, 2.75) is 13.3 Å². The highest BCUT2D eigenvalue weighted by Crippen LogP contribution is 2.27. The molecule has 3 aromatic rings. The van der Waals surface area contributed by atoms with Crippen LogP contribution < -0.4 is 0 Å². The second-order valence-corrected chi connectivity index (χ2v) is 5.12. The molecule has 0 aliphatic carbocycles. The molecule has 18 heavy (non-hydrogen) atoms. The molecule has 3 rings (SSSR count). The van der Waals surface area contributed by atoms with E-state index in [0.29, 0.717) is 0 Å². The van der Waals surface area contributed by atoms with E-state index in [1.54, 1.807) is 0 Å². The third-order valence-corrected chi connectivity index (χ3v) is 4.02. The second kappa shape index (κ2) is 3.99. The van der Waals surface area contributed by atoms with Crippen molar-refractivity contribution < 1.29 is 9.90 Å². The first-order chi connectivity index (χ1) is 8.65. The zero-order valence-electron chi connectivity index (χ0n) is 9.67. The number of thiazole rings is 1. The van der Waals surface area contributed by atoms with Crippen LogP contribution in [0.1, 0.15) is 10.6 Å². The predicted molar refractivity (Wildman–Crippen MR) is 68.9 cm³/mol. The van der Waals surface area contributed by atoms with Crippen molar-refractivity contribution in [1.82, 2.24) is 14.4 Å². The Morgan fingerprint density at radius 2 is 2.44 bits per heavy atom. The molecule has 0 fully saturated rings. The number of H-pyrrole nitrogens is 1. The van der Waals surface area contributed by atoms with E-state index >= 15 is 0 Å². The maximum atomic E-state index is 10.7. The Kier molecular flexibility index (Phi) is 2.45. The Morgan fingerprint density at radius 3 is 3.06 bits per heavy atom. The van der Waals surface area contributed by atoms with Crippen molar-refractivity contribution in [2.75, 3.05) is 0 Å². The van der Waals surface area contributed by atoms with Crippen LogP contribution in [0, 0.1) is 6.92 Å². The molecule has 0 aliphatic heterocycles. The van der Waals surface area contributed by atoms with Gasteiger partial charge in [-0.1, -0.05) is 0 Å². The van der Waals surface area contributed by atoms with E-state index in [1.807, 2.05) is 36.0 Å². The monoisotopic (exact) mass is 261 g/mol. The summed E-state index contributed by atoms with van der Waals surface area (Å²) in [6.45, 7) is 1.92. The van der Waals surface area contributed by atoms with Gasteiger partial charge in [-0.05, 0) is 13.0 Å². The van der Waals surface area contributed by atoms with Crippen molar-refractivity contribution in [1.29, 1.82) is 0 Å². The van der Waals surface area contributed by atoms with Gasteiger partial charge in [0.25, 0.3) is 0 Å². The Labute approximate surface area is 107 Å². The second-order valence-electron chi connectivity index (χ2n) is 4.06. The molecule has 0 saturated carbocycles. The van der Waals surface area contributed by atoms with Gasteiger partial charge >= 0.3 is 5.97 Å². The van der Waals surface area contributed by atoms with Gasteiger partial charge in [-0.15, -0.1) is 11.3 Å². The number of carboxylic acid groups (broad SMARTS) is 1. The van der Waals surface area contributed by atoms with Gasteiger partial charge in [0.05, 0.1) is 12.1 Å². The number of aryl methyl sites for hydroxylation is 1. The zero-order valence-corrected chi connectivity index (χ0v) is 10.5. The Hall–Kier alpha value is -2.08. The predicted octanol–water partition coefficient (Wildman–Crippen LogP) is 2.33. The fourth-order valence-corrected chi connectivity index (χ4v) is 3.01. The van der Waals surface area contributed by atoms with E-state index in [2.05, 4.69) is 9.97 Å². The Balaban J connectivity index is 2.07. The molecule has 0 aliphatic rings. The lowest BCUT2D eigenvalue weighted by Crippen LogP contribution is -1.99. The fourth-order valence-electron chi connectivity index (χ4n) is 1.92. The lowest BCUT2D eigenvalue weighted by molar-refractivity contribution is -0.136. The molecule has 92 valence electrons. The van der Waals surface area contributed by atoms with Crippen LogP contribution in [0.3, 0.4) is 0 Å². The Morgan fingerprint density at radius 1 is 1.61 bits per heavy atom. The Bertz CT molecular complexity index is 709. The summed E-state index contributed by atoms with van der Waals surface area (Å²) in [6, 6.07) is 1.96. The van der Waals surface area contributed by atoms with Crippen molar-refractivity contribution in [3.63, 3.8) is 0 Å². The minimum Gasteiger partial charge on any atom is -0.481 e. The minimum absolute atomic E-state index is 0.0549. The first kappa shape index (κ1) is 11.0. The molecule has 0 bridgehead atoms. The highest BCUT2D eigenvalue weighted by Gasteiger charge is 2.14. The van der Waals surface area contributed by atoms with Crippen molar-refractivity contribution in [3.05, 3.63) is 35.2 Å². The summed E-state index contributed by atoms with van der Waals surface area (Å²) in [6.07, 6.45) is 5.74. The van der Waals surface area contributed by atoms with Crippen molar-refractivity contribution in [3.8, 4) is 11.3 Å². The zero-order chi connectivity index (χ0) is 12.7. The van der Waals surface area contributed by atoms with Gasteiger partial charge in [0.2, 0.25) is 0 Å². The van der Waals surface area contributed by atoms with Crippen LogP contribution in [-0.4, -0.2) is 25.4 Å². The number of imidazole rings is 1. The van der Waals surface area contributed by atoms with Crippen LogP contribution in [0.15, 0.2) is 24.7 Å². The molecule has 2 N–H and O–H groups in total. The van der Waals surface area contributed by atoms with Crippen molar-refractivity contribution >= 4 is 22.3 Å². The molecular weight excluding hydrogens is 250 g/mol. The molecule has 0 unspecified atom stereocenters. The maximum Gasteiger partial charge on any atom is 0.308 e. The van der Waals surface area contributed by atoms with Gasteiger partial charge in [0.15, 0.2) is 4.96 Å². The number of aliphatic carboxylic acids is 1. The molecule has 0 atom stereocenters. The first-order valence-electron chi connectivity index (χ1n) is 5.47. The molecule has 0 radical (unpaired) electrons. The summed E-state index contributed by atoms with van der Waals surface area (Å²) in [5, 5.41) is 8.83. The topological polar surface area (TPSA) is 70.4 Å². The van der Waals surface area contributed by atoms with E-state index in [1.165, 1.54) is 11.3 Å². The van der Waals surface area contributed by atoms with Gasteiger partial charge in [0.1, 0.15) is 0 Å². The first-order valence-corrected chi connectivity index (χ1v) is 6.29. The van der Waals surface area contributed by atoms with Crippen LogP contribution in [0.5, 0.6) is 0 Å². The number of rotatable bonds is 3. The van der Waals surface area contributed by atoms with Crippen LogP contribution >= 0.6 is 11.3 Å². The number of fused-ring (bicyclic) bond motifs is 1. The summed E-state index contributed by atoms with van der Waals surface area (Å²) in [5.41, 5.74) is 2.88. The van der Waals surface area contributed by atoms with Crippen LogP contribution in [0.25, 0.3) is 16.2 Å². The molecule has 5 nitrogen and oxygen atoms in total. The standard InChI is InChI=1S/C12H11N3O2S/c1-7-10(4-11(16)17)18-12-14-9(6-15(7)12)8-2-3-13-5-8/h2-3,5-6,13H,4H2,1H3,(H,16,17). The smallest absolute Gasteiger partial charge is 0.308 e. The van der Waals surface area contributed by atoms with Crippen molar-refractivity contribution in [2.24, 2.45) is 0 Å². The van der Waals surface area contributed by atoms with Crippen LogP contribution in [-0.2, 0) is 11.2 Å². The third kappa shape index (κ3) is 1.70. The third-order valence-electron chi connectivity index (χ3n) is 2.86. The fraction of sp³-hybridized carbons (Fsp3) is 0.167. The number of hydrogen-bond acceptors (Lipinski definition) is 3. The molecular formula is C12H11N3O2S. The summed E-state index contributed by atoms with van der Waals surface area (Å²) < 4.78 is 1.95. The number of hydrogen-bond donors (Lipinski definition) is 2. The van der Waals surface area contributed by atoms with Gasteiger partial charge in [0, 0.05) is 34.7 Å². The van der Waals surface area contributed by atoms with Gasteiger partial charge in [-0.25, -0.2) is 4.98 Å². The van der Waals surface area contributed by atoms with Gasteiger partial charge in [-0.3, -0.25) is 9.20 Å². The van der Waals surface area contributed by atoms with E-state index < -0.39 is 5.97 Å². The molecule has 0 amide bonds. The SMILES string of the molecule is Cc1c(CC(=O)O)sc2nc(-c3cc[nH]c3)cn12. The van der Waals surface area contributed by atoms with E-state index in [9.17, 15) is 4.79 Å². The molecule has 0 aromatic carbocycles. The lowest BCUT2D eigenvalue weighted by Gasteiger charge is -1.94. The molecule has 0 saturated heterocycles. The van der Waals surface area contributed by atoms with Gasteiger partial charge in [-0.2, -0.15) is 0 Å². The number of aromatic amines is 1. The normalized spacial score (nSPS) is 11.2. The summed E-state index contributed by atoms with van der Waals surface area (Å²) in [7, 11) is 0. The number of nitrogens with one attached hydrogen (secondary N) is 1. The lowest BCUT2D eigenvalue weighted by atomic mass is 10.2. The summed E-state index contributed by atoms with van der Waals surface area (Å²) in [4.78, 5) is 19.9. The molecule has 3 aromatic heterocycles. The summed E-state index contributed by atoms with van der Waals surface area (Å²) >= 11 is 1.43. The quantitative estimate of drug-likeness (QED) is 0.760. The number of carboxylic acids is 1. The van der Waals surface area contributed by atoms with Crippen LogP contribution in [0.4, 0.5) is 0 Å². The molecule has 6 heteroatoms. The van der Waals surface area contributed by atoms with Gasteiger partial charge < -0.3 is 10.1 Å². The average Bonchev–Trinajstić information content (AvgIpc) is 2.97. The van der Waals surface area contributed by atoms with E-state index in [4.69, 9.17) is 5.11 Å². The highest BCUT2D eigenvalue weighted by molar-refractivity contribution is 7.17. The average molecular weight is 261 g/mol. The van der Waals surface area contributed by atoms with E-state index in [-0.39, 0.29) is 6.42 Å². The minimum atomic E-state index is -0.812. The number of nitrogens with zero attached hydrogens (tertiary/aromatic N) is 2. The number of aromatic nitrogens is 3. The molecule has 3 heterocycles. The highest BCUT2D eigenvalue weighted by atomic mass is 32.1. The summed E-state index contributed by atoms with van der Waals surface area (Å²) in [5.74, 6) is -0.812. The van der Waals surface area contributed by atoms with Crippen LogP contribution in [0.2, 0.25) is 0 Å². The maximum absolute atomic E-state index is 10.7. The molecule has 0 spiro atoms.